The maximum absolute atomic E-state index is 11.6. The second-order valence-electron chi connectivity index (χ2n) is 3.21. The van der Waals surface area contributed by atoms with Crippen LogP contribution in [0.3, 0.4) is 0 Å². The molecule has 1 aromatic heterocycles. The fourth-order valence-corrected chi connectivity index (χ4v) is 2.05. The van der Waals surface area contributed by atoms with Gasteiger partial charge >= 0.3 is 5.97 Å². The number of hydrogen-bond acceptors (Lipinski definition) is 3. The van der Waals surface area contributed by atoms with Crippen LogP contribution in [0.1, 0.15) is 10.4 Å². The van der Waals surface area contributed by atoms with Crippen LogP contribution in [0.5, 0.6) is 0 Å². The van der Waals surface area contributed by atoms with Crippen LogP contribution in [0, 0.1) is 0 Å². The molecule has 2 aromatic rings. The van der Waals surface area contributed by atoms with Crippen LogP contribution in [0.4, 0.5) is 0 Å². The molecule has 0 aliphatic heterocycles. The molecular weight excluding hydrogens is 274 g/mol. The minimum absolute atomic E-state index is 0.139. The fourth-order valence-electron chi connectivity index (χ4n) is 1.47. The molecule has 0 saturated heterocycles. The van der Waals surface area contributed by atoms with Gasteiger partial charge in [-0.05, 0) is 28.1 Å². The van der Waals surface area contributed by atoms with Crippen molar-refractivity contribution < 1.29 is 9.53 Å². The van der Waals surface area contributed by atoms with Crippen LogP contribution in [0.15, 0.2) is 33.7 Å². The number of halogens is 1. The number of carbonyl (C=O) groups excluding carboxylic acids is 1. The summed E-state index contributed by atoms with van der Waals surface area (Å²) >= 11 is 3.30. The largest absolute Gasteiger partial charge is 0.465 e. The molecular formula is C11H8BrNO3. The molecule has 0 atom stereocenters. The van der Waals surface area contributed by atoms with Crippen LogP contribution in [0.25, 0.3) is 10.9 Å². The van der Waals surface area contributed by atoms with E-state index in [4.69, 9.17) is 0 Å². The highest BCUT2D eigenvalue weighted by atomic mass is 79.9. The molecule has 5 heteroatoms. The minimum atomic E-state index is -0.467. The molecule has 0 saturated carbocycles. The van der Waals surface area contributed by atoms with E-state index < -0.39 is 5.97 Å². The first-order chi connectivity index (χ1) is 7.63. The van der Waals surface area contributed by atoms with Crippen molar-refractivity contribution >= 4 is 32.8 Å². The maximum atomic E-state index is 11.6. The SMILES string of the molecule is COC(=O)c1cc(Br)c2[nH]ccc(=O)c2c1. The van der Waals surface area contributed by atoms with E-state index in [9.17, 15) is 9.59 Å². The zero-order valence-electron chi connectivity index (χ0n) is 8.41. The quantitative estimate of drug-likeness (QED) is 0.815. The van der Waals surface area contributed by atoms with Gasteiger partial charge in [0.15, 0.2) is 5.43 Å². The number of methoxy groups -OCH3 is 1. The molecule has 0 bridgehead atoms. The Hall–Kier alpha value is -1.62. The number of carbonyl (C=O) groups is 1. The Bertz CT molecular complexity index is 618. The Morgan fingerprint density at radius 1 is 1.44 bits per heavy atom. The van der Waals surface area contributed by atoms with E-state index in [1.54, 1.807) is 12.3 Å². The maximum Gasteiger partial charge on any atom is 0.337 e. The first kappa shape index (κ1) is 10.9. The van der Waals surface area contributed by atoms with E-state index in [1.165, 1.54) is 19.2 Å². The first-order valence-corrected chi connectivity index (χ1v) is 5.32. The van der Waals surface area contributed by atoms with Gasteiger partial charge in [0, 0.05) is 22.1 Å². The third kappa shape index (κ3) is 1.74. The van der Waals surface area contributed by atoms with Gasteiger partial charge in [-0.15, -0.1) is 0 Å². The number of rotatable bonds is 1. The molecule has 0 amide bonds. The molecule has 0 spiro atoms. The number of aromatic amines is 1. The number of H-pyrrole nitrogens is 1. The molecule has 82 valence electrons. The average molecular weight is 282 g/mol. The summed E-state index contributed by atoms with van der Waals surface area (Å²) < 4.78 is 5.26. The number of fused-ring (bicyclic) bond motifs is 1. The molecule has 16 heavy (non-hydrogen) atoms. The predicted octanol–water partition coefficient (Wildman–Crippen LogP) is 2.08. The van der Waals surface area contributed by atoms with Crippen molar-refractivity contribution in [2.75, 3.05) is 7.11 Å². The Morgan fingerprint density at radius 3 is 2.88 bits per heavy atom. The lowest BCUT2D eigenvalue weighted by Gasteiger charge is -2.03. The summed E-state index contributed by atoms with van der Waals surface area (Å²) in [5.74, 6) is -0.467. The molecule has 1 aromatic carbocycles. The molecule has 2 rings (SSSR count). The number of hydrogen-bond donors (Lipinski definition) is 1. The van der Waals surface area contributed by atoms with Gasteiger partial charge in [-0.3, -0.25) is 4.79 Å². The van der Waals surface area contributed by atoms with Crippen LogP contribution in [-0.2, 0) is 4.74 Å². The number of nitrogens with one attached hydrogen (secondary N) is 1. The van der Waals surface area contributed by atoms with Gasteiger partial charge in [0.1, 0.15) is 0 Å². The Morgan fingerprint density at radius 2 is 2.19 bits per heavy atom. The summed E-state index contributed by atoms with van der Waals surface area (Å²) in [5, 5.41) is 0.456. The zero-order valence-corrected chi connectivity index (χ0v) is 10.00. The molecule has 0 unspecified atom stereocenters. The smallest absolute Gasteiger partial charge is 0.337 e. The number of benzene rings is 1. The van der Waals surface area contributed by atoms with Gasteiger partial charge in [0.2, 0.25) is 0 Å². The van der Waals surface area contributed by atoms with Crippen molar-refractivity contribution in [3.63, 3.8) is 0 Å². The van der Waals surface area contributed by atoms with E-state index >= 15 is 0 Å². The summed E-state index contributed by atoms with van der Waals surface area (Å²) in [6, 6.07) is 4.55. The molecule has 0 radical (unpaired) electrons. The van der Waals surface area contributed by atoms with Gasteiger partial charge in [-0.1, -0.05) is 0 Å². The Balaban J connectivity index is 2.80. The van der Waals surface area contributed by atoms with E-state index in [1.807, 2.05) is 0 Å². The van der Waals surface area contributed by atoms with E-state index in [2.05, 4.69) is 25.7 Å². The lowest BCUT2D eigenvalue weighted by atomic mass is 10.1. The lowest BCUT2D eigenvalue weighted by molar-refractivity contribution is 0.0601. The van der Waals surface area contributed by atoms with Gasteiger partial charge in [0.25, 0.3) is 0 Å². The van der Waals surface area contributed by atoms with Crippen LogP contribution >= 0.6 is 15.9 Å². The monoisotopic (exact) mass is 281 g/mol. The molecule has 1 heterocycles. The highest BCUT2D eigenvalue weighted by Crippen LogP contribution is 2.22. The normalized spacial score (nSPS) is 10.4. The first-order valence-electron chi connectivity index (χ1n) is 4.52. The van der Waals surface area contributed by atoms with E-state index in [-0.39, 0.29) is 5.43 Å². The second-order valence-corrected chi connectivity index (χ2v) is 4.07. The highest BCUT2D eigenvalue weighted by Gasteiger charge is 2.10. The van der Waals surface area contributed by atoms with Gasteiger partial charge in [-0.25, -0.2) is 4.79 Å². The molecule has 1 N–H and O–H groups in total. The lowest BCUT2D eigenvalue weighted by Crippen LogP contribution is -2.05. The van der Waals surface area contributed by atoms with Gasteiger partial charge in [0.05, 0.1) is 18.2 Å². The van der Waals surface area contributed by atoms with Crippen molar-refractivity contribution in [1.29, 1.82) is 0 Å². The van der Waals surface area contributed by atoms with Gasteiger partial charge in [-0.2, -0.15) is 0 Å². The summed E-state index contributed by atoms with van der Waals surface area (Å²) in [4.78, 5) is 25.9. The number of esters is 1. The molecule has 0 aliphatic rings. The third-order valence-corrected chi connectivity index (χ3v) is 2.86. The summed E-state index contributed by atoms with van der Waals surface area (Å²) in [6.45, 7) is 0. The fraction of sp³-hybridized carbons (Fsp3) is 0.0909. The standard InChI is InChI=1S/C11H8BrNO3/c1-16-11(15)6-4-7-9(14)2-3-13-10(7)8(12)5-6/h2-5H,1H3,(H,13,14). The van der Waals surface area contributed by atoms with Crippen LogP contribution in [0.2, 0.25) is 0 Å². The van der Waals surface area contributed by atoms with Crippen LogP contribution < -0.4 is 5.43 Å². The molecule has 4 nitrogen and oxygen atoms in total. The third-order valence-electron chi connectivity index (χ3n) is 2.24. The summed E-state index contributed by atoms with van der Waals surface area (Å²) in [6.07, 6.45) is 1.56. The topological polar surface area (TPSA) is 59.2 Å². The van der Waals surface area contributed by atoms with Crippen molar-refractivity contribution in [3.05, 3.63) is 44.7 Å². The number of ether oxygens (including phenoxy) is 1. The molecule has 0 aliphatic carbocycles. The predicted molar refractivity (Wildman–Crippen MR) is 63.6 cm³/mol. The van der Waals surface area contributed by atoms with Crippen molar-refractivity contribution in [2.24, 2.45) is 0 Å². The minimum Gasteiger partial charge on any atom is -0.465 e. The zero-order chi connectivity index (χ0) is 11.7. The highest BCUT2D eigenvalue weighted by molar-refractivity contribution is 9.10. The molecule has 0 fully saturated rings. The van der Waals surface area contributed by atoms with E-state index in [0.29, 0.717) is 20.9 Å². The van der Waals surface area contributed by atoms with Crippen molar-refractivity contribution in [3.8, 4) is 0 Å². The second kappa shape index (κ2) is 4.09. The van der Waals surface area contributed by atoms with Crippen LogP contribution in [-0.4, -0.2) is 18.1 Å². The van der Waals surface area contributed by atoms with Crippen molar-refractivity contribution in [1.82, 2.24) is 4.98 Å². The number of aromatic nitrogens is 1. The average Bonchev–Trinajstić information content (AvgIpc) is 2.29. The Labute approximate surface area is 99.4 Å². The van der Waals surface area contributed by atoms with E-state index in [0.717, 1.165) is 0 Å². The number of pyridine rings is 1. The van der Waals surface area contributed by atoms with Gasteiger partial charge < -0.3 is 9.72 Å². The summed E-state index contributed by atoms with van der Waals surface area (Å²) in [5.41, 5.74) is 0.874. The Kier molecular flexibility index (Phi) is 2.78. The summed E-state index contributed by atoms with van der Waals surface area (Å²) in [7, 11) is 1.30. The van der Waals surface area contributed by atoms with Crippen molar-refractivity contribution in [2.45, 2.75) is 0 Å².